The van der Waals surface area contributed by atoms with Crippen LogP contribution in [0.15, 0.2) is 36.7 Å². The van der Waals surface area contributed by atoms with Gasteiger partial charge in [-0.1, -0.05) is 0 Å². The number of likely N-dealkylation sites (tertiary alicyclic amines) is 1. The molecule has 2 fully saturated rings. The molecule has 1 aromatic carbocycles. The van der Waals surface area contributed by atoms with Crippen LogP contribution in [0.4, 0.5) is 11.6 Å². The molecule has 1 amide bonds. The van der Waals surface area contributed by atoms with Crippen LogP contribution in [-0.4, -0.2) is 65.9 Å². The number of aromatic nitrogens is 2. The number of piperidine rings is 1. The summed E-state index contributed by atoms with van der Waals surface area (Å²) in [6.45, 7) is 2.38. The number of ether oxygens (including phenoxy) is 3. The molecule has 9 nitrogen and oxygen atoms in total. The zero-order valence-corrected chi connectivity index (χ0v) is 16.1. The lowest BCUT2D eigenvalue weighted by atomic mass is 10.0. The van der Waals surface area contributed by atoms with Crippen LogP contribution in [0.1, 0.15) is 33.6 Å². The lowest BCUT2D eigenvalue weighted by molar-refractivity contribution is -0.181. The van der Waals surface area contributed by atoms with E-state index in [0.29, 0.717) is 56.2 Å². The summed E-state index contributed by atoms with van der Waals surface area (Å²) in [4.78, 5) is 34.4. The van der Waals surface area contributed by atoms with E-state index in [9.17, 15) is 9.59 Å². The van der Waals surface area contributed by atoms with Crippen molar-refractivity contribution in [1.29, 1.82) is 0 Å². The average Bonchev–Trinajstić information content (AvgIpc) is 3.22. The van der Waals surface area contributed by atoms with Crippen LogP contribution < -0.4 is 5.32 Å². The van der Waals surface area contributed by atoms with Crippen molar-refractivity contribution in [3.63, 3.8) is 0 Å². The summed E-state index contributed by atoms with van der Waals surface area (Å²) in [5.41, 5.74) is 1.60. The van der Waals surface area contributed by atoms with Gasteiger partial charge in [-0.25, -0.2) is 14.8 Å². The normalized spacial score (nSPS) is 17.9. The summed E-state index contributed by atoms with van der Waals surface area (Å²) in [5.74, 6) is -0.653. The van der Waals surface area contributed by atoms with E-state index in [1.165, 1.54) is 19.5 Å². The van der Waals surface area contributed by atoms with E-state index in [1.807, 2.05) is 0 Å². The SMILES string of the molecule is COC(=O)c1ccc(Nc2ncc(C(=O)N3CCC4(CC3)OCCO4)cn2)cc1. The second-order valence-electron chi connectivity index (χ2n) is 6.89. The van der Waals surface area contributed by atoms with Crippen molar-refractivity contribution >= 4 is 23.5 Å². The molecule has 1 spiro atoms. The number of benzene rings is 1. The van der Waals surface area contributed by atoms with Crippen molar-refractivity contribution in [2.24, 2.45) is 0 Å². The van der Waals surface area contributed by atoms with Crippen LogP contribution in [0.3, 0.4) is 0 Å². The molecule has 0 aliphatic carbocycles. The summed E-state index contributed by atoms with van der Waals surface area (Å²) in [7, 11) is 1.34. The zero-order chi connectivity index (χ0) is 20.3. The number of hydrogen-bond donors (Lipinski definition) is 1. The predicted molar refractivity (Wildman–Crippen MR) is 103 cm³/mol. The Morgan fingerprint density at radius 2 is 1.66 bits per heavy atom. The van der Waals surface area contributed by atoms with Crippen molar-refractivity contribution in [2.45, 2.75) is 18.6 Å². The second kappa shape index (κ2) is 8.14. The van der Waals surface area contributed by atoms with Gasteiger partial charge >= 0.3 is 5.97 Å². The predicted octanol–water partition coefficient (Wildman–Crippen LogP) is 1.99. The molecule has 9 heteroatoms. The maximum absolute atomic E-state index is 12.7. The molecule has 4 rings (SSSR count). The minimum absolute atomic E-state index is 0.105. The van der Waals surface area contributed by atoms with E-state index in [2.05, 4.69) is 20.0 Å². The largest absolute Gasteiger partial charge is 0.465 e. The number of methoxy groups -OCH3 is 1. The molecular weight excluding hydrogens is 376 g/mol. The minimum Gasteiger partial charge on any atom is -0.465 e. The van der Waals surface area contributed by atoms with Gasteiger partial charge in [0.1, 0.15) is 0 Å². The summed E-state index contributed by atoms with van der Waals surface area (Å²) in [6, 6.07) is 6.75. The van der Waals surface area contributed by atoms with Crippen LogP contribution in [0.5, 0.6) is 0 Å². The Balaban J connectivity index is 1.35. The van der Waals surface area contributed by atoms with Gasteiger partial charge in [0.05, 0.1) is 31.5 Å². The van der Waals surface area contributed by atoms with Gasteiger partial charge in [-0.15, -0.1) is 0 Å². The molecule has 0 bridgehead atoms. The molecule has 29 heavy (non-hydrogen) atoms. The van der Waals surface area contributed by atoms with E-state index in [0.717, 1.165) is 5.69 Å². The third-order valence-electron chi connectivity index (χ3n) is 5.09. The topological polar surface area (TPSA) is 103 Å². The number of anilines is 2. The van der Waals surface area contributed by atoms with Crippen LogP contribution in [0.2, 0.25) is 0 Å². The van der Waals surface area contributed by atoms with Gasteiger partial charge in [0.25, 0.3) is 5.91 Å². The molecule has 1 N–H and O–H groups in total. The van der Waals surface area contributed by atoms with Gasteiger partial charge in [0.15, 0.2) is 5.79 Å². The summed E-state index contributed by atoms with van der Waals surface area (Å²) < 4.78 is 16.1. The summed E-state index contributed by atoms with van der Waals surface area (Å²) in [6.07, 6.45) is 4.35. The lowest BCUT2D eigenvalue weighted by Crippen LogP contribution is -2.47. The first-order chi connectivity index (χ1) is 14.1. The van der Waals surface area contributed by atoms with Crippen molar-refractivity contribution in [3.05, 3.63) is 47.8 Å². The quantitative estimate of drug-likeness (QED) is 0.780. The first-order valence-electron chi connectivity index (χ1n) is 9.43. The molecule has 0 radical (unpaired) electrons. The van der Waals surface area contributed by atoms with Gasteiger partial charge in [-0.05, 0) is 24.3 Å². The number of carbonyl (C=O) groups excluding carboxylic acids is 2. The average molecular weight is 398 g/mol. The highest BCUT2D eigenvalue weighted by atomic mass is 16.7. The van der Waals surface area contributed by atoms with Gasteiger partial charge in [0.2, 0.25) is 5.95 Å². The Hall–Kier alpha value is -3.04. The van der Waals surface area contributed by atoms with Crippen molar-refractivity contribution in [3.8, 4) is 0 Å². The molecule has 1 aromatic heterocycles. The second-order valence-corrected chi connectivity index (χ2v) is 6.89. The third kappa shape index (κ3) is 4.20. The van der Waals surface area contributed by atoms with Gasteiger partial charge in [0, 0.05) is 44.0 Å². The fourth-order valence-electron chi connectivity index (χ4n) is 3.46. The highest BCUT2D eigenvalue weighted by molar-refractivity contribution is 5.93. The first kappa shape index (κ1) is 19.3. The lowest BCUT2D eigenvalue weighted by Gasteiger charge is -2.37. The molecule has 0 unspecified atom stereocenters. The van der Waals surface area contributed by atoms with Gasteiger partial charge in [-0.3, -0.25) is 4.79 Å². The zero-order valence-electron chi connectivity index (χ0n) is 16.1. The third-order valence-corrected chi connectivity index (χ3v) is 5.09. The number of nitrogens with zero attached hydrogens (tertiary/aromatic N) is 3. The summed E-state index contributed by atoms with van der Waals surface area (Å²) >= 11 is 0. The first-order valence-corrected chi connectivity index (χ1v) is 9.43. The van der Waals surface area contributed by atoms with E-state index in [4.69, 9.17) is 9.47 Å². The van der Waals surface area contributed by atoms with E-state index < -0.39 is 11.8 Å². The molecule has 3 heterocycles. The number of carbonyl (C=O) groups is 2. The van der Waals surface area contributed by atoms with Crippen LogP contribution in [0, 0.1) is 0 Å². The highest BCUT2D eigenvalue weighted by Gasteiger charge is 2.40. The minimum atomic E-state index is -0.509. The van der Waals surface area contributed by atoms with E-state index >= 15 is 0 Å². The van der Waals surface area contributed by atoms with Crippen molar-refractivity contribution in [2.75, 3.05) is 38.7 Å². The van der Waals surface area contributed by atoms with Gasteiger partial charge in [-0.2, -0.15) is 0 Å². The number of rotatable bonds is 4. The monoisotopic (exact) mass is 398 g/mol. The van der Waals surface area contributed by atoms with Crippen LogP contribution in [0.25, 0.3) is 0 Å². The Bertz CT molecular complexity index is 869. The summed E-state index contributed by atoms with van der Waals surface area (Å²) in [5, 5.41) is 3.03. The van der Waals surface area contributed by atoms with Crippen LogP contribution >= 0.6 is 0 Å². The van der Waals surface area contributed by atoms with E-state index in [1.54, 1.807) is 29.2 Å². The number of amides is 1. The Kier molecular flexibility index (Phi) is 5.41. The smallest absolute Gasteiger partial charge is 0.337 e. The molecule has 0 saturated carbocycles. The highest BCUT2D eigenvalue weighted by Crippen LogP contribution is 2.31. The number of nitrogens with one attached hydrogen (secondary N) is 1. The number of esters is 1. The molecule has 2 aliphatic heterocycles. The van der Waals surface area contributed by atoms with Gasteiger partial charge < -0.3 is 24.4 Å². The molecule has 2 saturated heterocycles. The Morgan fingerprint density at radius 3 is 2.24 bits per heavy atom. The number of hydrogen-bond acceptors (Lipinski definition) is 8. The molecular formula is C20H22N4O5. The maximum atomic E-state index is 12.7. The van der Waals surface area contributed by atoms with Crippen molar-refractivity contribution in [1.82, 2.24) is 14.9 Å². The van der Waals surface area contributed by atoms with Crippen molar-refractivity contribution < 1.29 is 23.8 Å². The standard InChI is InChI=1S/C20H22N4O5/c1-27-18(26)14-2-4-16(5-3-14)23-19-21-12-15(13-22-19)17(25)24-8-6-20(7-9-24)28-10-11-29-20/h2-5,12-13H,6-11H2,1H3,(H,21,22,23). The maximum Gasteiger partial charge on any atom is 0.337 e. The Labute approximate surface area is 168 Å². The molecule has 2 aromatic rings. The molecule has 152 valence electrons. The fraction of sp³-hybridized carbons (Fsp3) is 0.400. The van der Waals surface area contributed by atoms with Crippen LogP contribution in [-0.2, 0) is 14.2 Å². The molecule has 2 aliphatic rings. The Morgan fingerprint density at radius 1 is 1.03 bits per heavy atom. The molecule has 0 atom stereocenters. The fourth-order valence-corrected chi connectivity index (χ4v) is 3.46. The van der Waals surface area contributed by atoms with E-state index in [-0.39, 0.29) is 5.91 Å².